The number of benzene rings is 6. The Labute approximate surface area is 289 Å². The van der Waals surface area contributed by atoms with Gasteiger partial charge in [-0.15, -0.1) is 0 Å². The number of rotatable bonds is 5. The van der Waals surface area contributed by atoms with Gasteiger partial charge < -0.3 is 14.3 Å². The molecule has 2 aromatic heterocycles. The van der Waals surface area contributed by atoms with E-state index in [1.54, 1.807) is 0 Å². The third kappa shape index (κ3) is 4.70. The monoisotopic (exact) mass is 644 g/mol. The average molecular weight is 645 g/mol. The molecule has 0 bridgehead atoms. The van der Waals surface area contributed by atoms with Crippen molar-refractivity contribution in [3.63, 3.8) is 0 Å². The number of nitrogens with zero attached hydrogens (tertiary/aromatic N) is 3. The van der Waals surface area contributed by atoms with Crippen LogP contribution in [0.25, 0.3) is 55.7 Å². The van der Waals surface area contributed by atoms with Crippen LogP contribution in [0, 0.1) is 0 Å². The quantitative estimate of drug-likeness (QED) is 0.203. The van der Waals surface area contributed by atoms with Crippen molar-refractivity contribution >= 4 is 50.6 Å². The molecule has 50 heavy (non-hydrogen) atoms. The highest BCUT2D eigenvalue weighted by atomic mass is 16.3. The van der Waals surface area contributed by atoms with E-state index in [0.717, 1.165) is 74.1 Å². The SMILES string of the molecule is C1=Cc2c(c3ccccc3n2-c2ccc3c(c2)oc2cccc(-c4cccc(C5=NC(c6ccccc6)=NC(c6ccccc6)N5)c4)c23)CC1. The number of aromatic nitrogens is 1. The van der Waals surface area contributed by atoms with E-state index in [4.69, 9.17) is 14.4 Å². The first kappa shape index (κ1) is 28.5. The summed E-state index contributed by atoms with van der Waals surface area (Å²) in [5.41, 5.74) is 12.1. The molecule has 6 aromatic carbocycles. The number of amidine groups is 2. The lowest BCUT2D eigenvalue weighted by Crippen LogP contribution is -2.33. The van der Waals surface area contributed by atoms with Gasteiger partial charge in [-0.05, 0) is 71.5 Å². The number of aliphatic imine (C=N–C) groups is 2. The van der Waals surface area contributed by atoms with Crippen LogP contribution in [-0.4, -0.2) is 16.2 Å². The molecular weight excluding hydrogens is 613 g/mol. The Morgan fingerprint density at radius 1 is 0.660 bits per heavy atom. The molecule has 1 atom stereocenters. The Morgan fingerprint density at radius 2 is 1.44 bits per heavy atom. The van der Waals surface area contributed by atoms with Gasteiger partial charge in [-0.2, -0.15) is 0 Å². The van der Waals surface area contributed by atoms with Crippen molar-refractivity contribution in [2.45, 2.75) is 19.0 Å². The first-order valence-electron chi connectivity index (χ1n) is 17.2. The van der Waals surface area contributed by atoms with E-state index < -0.39 is 0 Å². The van der Waals surface area contributed by atoms with E-state index in [1.807, 2.05) is 36.4 Å². The lowest BCUT2D eigenvalue weighted by atomic mass is 9.97. The summed E-state index contributed by atoms with van der Waals surface area (Å²) in [6.07, 6.45) is 6.44. The van der Waals surface area contributed by atoms with Crippen molar-refractivity contribution in [2.24, 2.45) is 9.98 Å². The van der Waals surface area contributed by atoms with Gasteiger partial charge in [0.1, 0.15) is 23.2 Å². The van der Waals surface area contributed by atoms with Gasteiger partial charge in [-0.3, -0.25) is 0 Å². The molecule has 0 radical (unpaired) electrons. The average Bonchev–Trinajstić information content (AvgIpc) is 3.74. The van der Waals surface area contributed by atoms with Gasteiger partial charge in [0.15, 0.2) is 5.84 Å². The Bertz CT molecular complexity index is 2680. The normalized spacial score (nSPS) is 15.6. The van der Waals surface area contributed by atoms with Crippen molar-refractivity contribution < 1.29 is 4.42 Å². The number of allylic oxidation sites excluding steroid dienone is 1. The maximum atomic E-state index is 6.60. The highest BCUT2D eigenvalue weighted by molar-refractivity contribution is 6.15. The molecule has 5 heteroatoms. The Balaban J connectivity index is 1.07. The molecule has 3 heterocycles. The molecule has 0 amide bonds. The molecule has 0 saturated heterocycles. The minimum absolute atomic E-state index is 0.253. The van der Waals surface area contributed by atoms with Crippen LogP contribution < -0.4 is 5.32 Å². The summed E-state index contributed by atoms with van der Waals surface area (Å²) in [5.74, 6) is 1.50. The second-order valence-electron chi connectivity index (χ2n) is 12.9. The summed E-state index contributed by atoms with van der Waals surface area (Å²) in [6.45, 7) is 0. The fourth-order valence-corrected chi connectivity index (χ4v) is 7.61. The van der Waals surface area contributed by atoms with E-state index in [0.29, 0.717) is 5.84 Å². The molecular formula is C45H32N4O. The number of hydrogen-bond acceptors (Lipinski definition) is 4. The first-order valence-corrected chi connectivity index (χ1v) is 17.2. The van der Waals surface area contributed by atoms with Gasteiger partial charge in [0, 0.05) is 44.7 Å². The predicted octanol–water partition coefficient (Wildman–Crippen LogP) is 10.7. The summed E-state index contributed by atoms with van der Waals surface area (Å²) in [4.78, 5) is 10.1. The smallest absolute Gasteiger partial charge is 0.159 e. The standard InChI is InChI=1S/C45H32N4O/c1-3-13-29(14-4-1)43-46-44(30-15-5-2-6-16-30)48-45(47-43)32-18-11-17-31(27-32)34-21-12-24-40-42(34)37-26-25-33(28-41(37)50-40)49-38-22-9-7-19-35(38)36-20-8-10-23-39(36)49/h1-7,9-19,21-28,43H,8,20H2,(H,46,47,48). The van der Waals surface area contributed by atoms with Crippen LogP contribution in [0.15, 0.2) is 166 Å². The fraction of sp³-hybridized carbons (Fsp3) is 0.0667. The van der Waals surface area contributed by atoms with Gasteiger partial charge in [0.25, 0.3) is 0 Å². The molecule has 1 aliphatic carbocycles. The highest BCUT2D eigenvalue weighted by Crippen LogP contribution is 2.40. The van der Waals surface area contributed by atoms with Crippen LogP contribution in [0.5, 0.6) is 0 Å². The molecule has 0 saturated carbocycles. The molecule has 2 aliphatic rings. The highest BCUT2D eigenvalue weighted by Gasteiger charge is 2.23. The van der Waals surface area contributed by atoms with Crippen LogP contribution in [0.3, 0.4) is 0 Å². The van der Waals surface area contributed by atoms with Gasteiger partial charge in [0.2, 0.25) is 0 Å². The molecule has 0 fully saturated rings. The van der Waals surface area contributed by atoms with E-state index in [2.05, 4.69) is 131 Å². The third-order valence-electron chi connectivity index (χ3n) is 9.93. The lowest BCUT2D eigenvalue weighted by Gasteiger charge is -2.24. The van der Waals surface area contributed by atoms with E-state index in [-0.39, 0.29) is 6.17 Å². The molecule has 238 valence electrons. The van der Waals surface area contributed by atoms with Crippen molar-refractivity contribution in [2.75, 3.05) is 0 Å². The van der Waals surface area contributed by atoms with E-state index >= 15 is 0 Å². The molecule has 1 unspecified atom stereocenters. The fourth-order valence-electron chi connectivity index (χ4n) is 7.61. The number of hydrogen-bond donors (Lipinski definition) is 1. The largest absolute Gasteiger partial charge is 0.456 e. The van der Waals surface area contributed by atoms with Crippen LogP contribution >= 0.6 is 0 Å². The molecule has 0 spiro atoms. The Morgan fingerprint density at radius 3 is 2.34 bits per heavy atom. The number of aryl methyl sites for hydroxylation is 1. The summed E-state index contributed by atoms with van der Waals surface area (Å²) < 4.78 is 8.98. The molecule has 1 N–H and O–H groups in total. The van der Waals surface area contributed by atoms with Crippen molar-refractivity contribution in [1.29, 1.82) is 0 Å². The van der Waals surface area contributed by atoms with Crippen LogP contribution in [0.1, 0.15) is 40.5 Å². The zero-order valence-electron chi connectivity index (χ0n) is 27.3. The van der Waals surface area contributed by atoms with Crippen molar-refractivity contribution in [3.8, 4) is 16.8 Å². The van der Waals surface area contributed by atoms with Gasteiger partial charge in [-0.25, -0.2) is 9.98 Å². The summed E-state index contributed by atoms with van der Waals surface area (Å²) in [7, 11) is 0. The minimum atomic E-state index is -0.253. The molecule has 10 rings (SSSR count). The number of nitrogens with one attached hydrogen (secondary N) is 1. The van der Waals surface area contributed by atoms with E-state index in [1.165, 1.54) is 22.2 Å². The summed E-state index contributed by atoms with van der Waals surface area (Å²) in [6, 6.07) is 50.8. The topological polar surface area (TPSA) is 54.8 Å². The zero-order valence-corrected chi connectivity index (χ0v) is 27.3. The Kier molecular flexibility index (Phi) is 6.62. The molecule has 5 nitrogen and oxygen atoms in total. The van der Waals surface area contributed by atoms with Crippen LogP contribution in [0.2, 0.25) is 0 Å². The number of furan rings is 1. The maximum absolute atomic E-state index is 6.60. The van der Waals surface area contributed by atoms with Crippen LogP contribution in [0.4, 0.5) is 0 Å². The van der Waals surface area contributed by atoms with Crippen molar-refractivity contribution in [3.05, 3.63) is 180 Å². The van der Waals surface area contributed by atoms with Gasteiger partial charge in [-0.1, -0.05) is 115 Å². The van der Waals surface area contributed by atoms with Crippen molar-refractivity contribution in [1.82, 2.24) is 9.88 Å². The first-order chi connectivity index (χ1) is 24.8. The zero-order chi connectivity index (χ0) is 33.0. The van der Waals surface area contributed by atoms with Gasteiger partial charge in [0.05, 0.1) is 5.52 Å². The third-order valence-corrected chi connectivity index (χ3v) is 9.93. The maximum Gasteiger partial charge on any atom is 0.159 e. The number of fused-ring (bicyclic) bond motifs is 6. The summed E-state index contributed by atoms with van der Waals surface area (Å²) in [5, 5.41) is 7.15. The summed E-state index contributed by atoms with van der Waals surface area (Å²) >= 11 is 0. The number of para-hydroxylation sites is 1. The minimum Gasteiger partial charge on any atom is -0.456 e. The van der Waals surface area contributed by atoms with E-state index in [9.17, 15) is 0 Å². The second-order valence-corrected chi connectivity index (χ2v) is 12.9. The molecule has 8 aromatic rings. The Hall–Kier alpha value is -6.46. The molecule has 1 aliphatic heterocycles. The second kappa shape index (κ2) is 11.6. The van der Waals surface area contributed by atoms with Gasteiger partial charge >= 0.3 is 0 Å². The van der Waals surface area contributed by atoms with Crippen LogP contribution in [-0.2, 0) is 6.42 Å². The lowest BCUT2D eigenvalue weighted by molar-refractivity contribution is 0.668. The predicted molar refractivity (Wildman–Crippen MR) is 205 cm³/mol.